The molecule has 0 aliphatic carbocycles. The topological polar surface area (TPSA) is 58.6 Å². The minimum atomic E-state index is -0.416. The average molecular weight is 383 g/mol. The lowest BCUT2D eigenvalue weighted by Crippen LogP contribution is -2.32. The Balaban J connectivity index is 2.17. The van der Waals surface area contributed by atoms with Crippen molar-refractivity contribution in [1.29, 1.82) is 0 Å². The number of halogens is 1. The van der Waals surface area contributed by atoms with Crippen molar-refractivity contribution < 1.29 is 14.3 Å². The SMILES string of the molecule is C=CCN1C(=O)C(Nc2cc(Cl)ccc2C)=C(c2ccccc2OC)C1=O. The molecule has 1 aliphatic rings. The summed E-state index contributed by atoms with van der Waals surface area (Å²) in [7, 11) is 1.52. The van der Waals surface area contributed by atoms with E-state index in [9.17, 15) is 9.59 Å². The van der Waals surface area contributed by atoms with E-state index in [0.29, 0.717) is 22.0 Å². The Morgan fingerprint density at radius 1 is 1.19 bits per heavy atom. The van der Waals surface area contributed by atoms with Gasteiger partial charge in [0.1, 0.15) is 11.4 Å². The largest absolute Gasteiger partial charge is 0.496 e. The minimum Gasteiger partial charge on any atom is -0.496 e. The first-order valence-electron chi connectivity index (χ1n) is 8.35. The van der Waals surface area contributed by atoms with Crippen molar-refractivity contribution in [3.8, 4) is 5.75 Å². The number of aryl methyl sites for hydroxylation is 1. The summed E-state index contributed by atoms with van der Waals surface area (Å²) in [5.41, 5.74) is 2.56. The number of rotatable bonds is 6. The highest BCUT2D eigenvalue weighted by Crippen LogP contribution is 2.35. The van der Waals surface area contributed by atoms with Gasteiger partial charge in [0, 0.05) is 22.8 Å². The summed E-state index contributed by atoms with van der Waals surface area (Å²) in [6, 6.07) is 12.4. The van der Waals surface area contributed by atoms with Crippen LogP contribution in [0.4, 0.5) is 5.69 Å². The van der Waals surface area contributed by atoms with Crippen molar-refractivity contribution in [2.75, 3.05) is 19.0 Å². The van der Waals surface area contributed by atoms with Gasteiger partial charge in [0.2, 0.25) is 0 Å². The summed E-state index contributed by atoms with van der Waals surface area (Å²) in [6.45, 7) is 5.65. The van der Waals surface area contributed by atoms with Gasteiger partial charge < -0.3 is 10.1 Å². The van der Waals surface area contributed by atoms with Gasteiger partial charge in [0.25, 0.3) is 11.8 Å². The monoisotopic (exact) mass is 382 g/mol. The molecule has 1 heterocycles. The molecule has 138 valence electrons. The lowest BCUT2D eigenvalue weighted by Gasteiger charge is -2.13. The molecule has 2 aromatic carbocycles. The summed E-state index contributed by atoms with van der Waals surface area (Å²) in [5.74, 6) is -0.303. The van der Waals surface area contributed by atoms with Gasteiger partial charge in [0.05, 0.1) is 12.7 Å². The third-order valence-corrected chi connectivity index (χ3v) is 4.55. The van der Waals surface area contributed by atoms with Crippen molar-refractivity contribution in [3.63, 3.8) is 0 Å². The van der Waals surface area contributed by atoms with Gasteiger partial charge in [-0.3, -0.25) is 14.5 Å². The highest BCUT2D eigenvalue weighted by Gasteiger charge is 2.39. The zero-order valence-electron chi connectivity index (χ0n) is 15.1. The number of para-hydroxylation sites is 1. The van der Waals surface area contributed by atoms with Crippen LogP contribution in [0.2, 0.25) is 5.02 Å². The van der Waals surface area contributed by atoms with Crippen LogP contribution in [0.15, 0.2) is 60.8 Å². The van der Waals surface area contributed by atoms with E-state index in [1.807, 2.05) is 13.0 Å². The van der Waals surface area contributed by atoms with Crippen LogP contribution in [-0.2, 0) is 9.59 Å². The maximum Gasteiger partial charge on any atom is 0.278 e. The second-order valence-electron chi connectivity index (χ2n) is 6.04. The summed E-state index contributed by atoms with van der Waals surface area (Å²) >= 11 is 6.10. The van der Waals surface area contributed by atoms with Gasteiger partial charge >= 0.3 is 0 Å². The van der Waals surface area contributed by atoms with Crippen molar-refractivity contribution in [1.82, 2.24) is 4.90 Å². The maximum atomic E-state index is 13.0. The van der Waals surface area contributed by atoms with Gasteiger partial charge in [-0.25, -0.2) is 0 Å². The van der Waals surface area contributed by atoms with Gasteiger partial charge in [-0.2, -0.15) is 0 Å². The Bertz CT molecular complexity index is 966. The predicted octanol–water partition coefficient (Wildman–Crippen LogP) is 4.04. The van der Waals surface area contributed by atoms with Crippen LogP contribution in [-0.4, -0.2) is 30.4 Å². The number of imide groups is 1. The molecule has 0 saturated heterocycles. The van der Waals surface area contributed by atoms with Crippen LogP contribution in [0, 0.1) is 6.92 Å². The summed E-state index contributed by atoms with van der Waals surface area (Å²) in [4.78, 5) is 27.1. The van der Waals surface area contributed by atoms with Crippen molar-refractivity contribution in [2.45, 2.75) is 6.92 Å². The highest BCUT2D eigenvalue weighted by atomic mass is 35.5. The average Bonchev–Trinajstić information content (AvgIpc) is 2.89. The summed E-state index contributed by atoms with van der Waals surface area (Å²) < 4.78 is 5.39. The summed E-state index contributed by atoms with van der Waals surface area (Å²) in [6.07, 6.45) is 1.52. The second kappa shape index (κ2) is 7.68. The smallest absolute Gasteiger partial charge is 0.278 e. The van der Waals surface area contributed by atoms with E-state index in [4.69, 9.17) is 16.3 Å². The molecule has 2 amide bonds. The molecule has 0 atom stereocenters. The molecular weight excluding hydrogens is 364 g/mol. The van der Waals surface area contributed by atoms with Gasteiger partial charge in [-0.05, 0) is 30.7 Å². The van der Waals surface area contributed by atoms with Gasteiger partial charge in [-0.1, -0.05) is 41.9 Å². The van der Waals surface area contributed by atoms with Crippen molar-refractivity contribution in [2.24, 2.45) is 0 Å². The second-order valence-corrected chi connectivity index (χ2v) is 6.48. The molecule has 27 heavy (non-hydrogen) atoms. The van der Waals surface area contributed by atoms with Crippen LogP contribution in [0.3, 0.4) is 0 Å². The van der Waals surface area contributed by atoms with E-state index < -0.39 is 11.8 Å². The standard InChI is InChI=1S/C21H19ClN2O3/c1-4-11-24-20(25)18(15-7-5-6-8-17(15)27-3)19(21(24)26)23-16-12-14(22)10-9-13(16)2/h4-10,12,23H,1,11H2,2-3H3. The van der Waals surface area contributed by atoms with E-state index in [2.05, 4.69) is 11.9 Å². The molecule has 0 unspecified atom stereocenters. The number of anilines is 1. The molecule has 1 N–H and O–H groups in total. The third kappa shape index (κ3) is 3.46. The first kappa shape index (κ1) is 18.7. The molecule has 0 bridgehead atoms. The first-order valence-corrected chi connectivity index (χ1v) is 8.73. The van der Waals surface area contributed by atoms with Crippen molar-refractivity contribution in [3.05, 3.63) is 77.0 Å². The Morgan fingerprint density at radius 2 is 1.93 bits per heavy atom. The molecule has 0 aromatic heterocycles. The number of nitrogens with one attached hydrogen (secondary N) is 1. The Hall–Kier alpha value is -3.05. The van der Waals surface area contributed by atoms with Gasteiger partial charge in [-0.15, -0.1) is 6.58 Å². The molecule has 0 fully saturated rings. The molecule has 0 spiro atoms. The number of carbonyl (C=O) groups excluding carboxylic acids is 2. The first-order chi connectivity index (χ1) is 13.0. The van der Waals surface area contributed by atoms with E-state index >= 15 is 0 Å². The Morgan fingerprint density at radius 3 is 2.63 bits per heavy atom. The predicted molar refractivity (Wildman–Crippen MR) is 107 cm³/mol. The number of hydrogen-bond acceptors (Lipinski definition) is 4. The number of ether oxygens (including phenoxy) is 1. The van der Waals surface area contributed by atoms with Crippen molar-refractivity contribution >= 4 is 34.7 Å². The Labute approximate surface area is 162 Å². The lowest BCUT2D eigenvalue weighted by molar-refractivity contribution is -0.136. The molecule has 5 nitrogen and oxygen atoms in total. The number of benzene rings is 2. The number of nitrogens with zero attached hydrogens (tertiary/aromatic N) is 1. The summed E-state index contributed by atoms with van der Waals surface area (Å²) in [5, 5.41) is 3.64. The quantitative estimate of drug-likeness (QED) is 0.605. The fraction of sp³-hybridized carbons (Fsp3) is 0.143. The molecule has 3 rings (SSSR count). The van der Waals surface area contributed by atoms with Crippen LogP contribution >= 0.6 is 11.6 Å². The number of methoxy groups -OCH3 is 1. The molecule has 6 heteroatoms. The van der Waals surface area contributed by atoms with E-state index in [1.165, 1.54) is 13.2 Å². The van der Waals surface area contributed by atoms with E-state index in [0.717, 1.165) is 10.5 Å². The van der Waals surface area contributed by atoms with E-state index in [-0.39, 0.29) is 17.8 Å². The van der Waals surface area contributed by atoms with Crippen LogP contribution < -0.4 is 10.1 Å². The Kier molecular flexibility index (Phi) is 5.33. The minimum absolute atomic E-state index is 0.121. The normalized spacial score (nSPS) is 14.0. The zero-order valence-corrected chi connectivity index (χ0v) is 15.8. The molecular formula is C21H19ClN2O3. The number of amides is 2. The van der Waals surface area contributed by atoms with Crippen LogP contribution in [0.1, 0.15) is 11.1 Å². The highest BCUT2D eigenvalue weighted by molar-refractivity contribution is 6.37. The van der Waals surface area contributed by atoms with Crippen LogP contribution in [0.5, 0.6) is 5.75 Å². The lowest BCUT2D eigenvalue weighted by atomic mass is 10.0. The third-order valence-electron chi connectivity index (χ3n) is 4.32. The fourth-order valence-electron chi connectivity index (χ4n) is 2.95. The van der Waals surface area contributed by atoms with Crippen LogP contribution in [0.25, 0.3) is 5.57 Å². The number of carbonyl (C=O) groups is 2. The number of hydrogen-bond donors (Lipinski definition) is 1. The maximum absolute atomic E-state index is 13.0. The molecule has 2 aromatic rings. The molecule has 0 saturated carbocycles. The zero-order chi connectivity index (χ0) is 19.6. The van der Waals surface area contributed by atoms with Gasteiger partial charge in [0.15, 0.2) is 0 Å². The molecule has 0 radical (unpaired) electrons. The molecule has 1 aliphatic heterocycles. The van der Waals surface area contributed by atoms with E-state index in [1.54, 1.807) is 36.4 Å². The fourth-order valence-corrected chi connectivity index (χ4v) is 3.12.